The third-order valence-corrected chi connectivity index (χ3v) is 3.04. The Bertz CT molecular complexity index is 553. The van der Waals surface area contributed by atoms with Crippen molar-refractivity contribution >= 4 is 11.6 Å². The highest BCUT2D eigenvalue weighted by molar-refractivity contribution is 6.32. The molecule has 4 heteroatoms. The van der Waals surface area contributed by atoms with Crippen molar-refractivity contribution in [3.63, 3.8) is 0 Å². The van der Waals surface area contributed by atoms with Gasteiger partial charge in [0, 0.05) is 0 Å². The van der Waals surface area contributed by atoms with E-state index >= 15 is 0 Å². The predicted octanol–water partition coefficient (Wildman–Crippen LogP) is 4.11. The normalized spacial score (nSPS) is 12.2. The van der Waals surface area contributed by atoms with Gasteiger partial charge in [0.1, 0.15) is 18.2 Å². The van der Waals surface area contributed by atoms with Gasteiger partial charge in [0.15, 0.2) is 0 Å². The molecule has 1 atom stereocenters. The molecule has 0 saturated carbocycles. The van der Waals surface area contributed by atoms with Crippen molar-refractivity contribution in [2.24, 2.45) is 0 Å². The smallest absolute Gasteiger partial charge is 0.138 e. The van der Waals surface area contributed by atoms with Crippen LogP contribution >= 0.6 is 11.6 Å². The van der Waals surface area contributed by atoms with E-state index in [9.17, 15) is 9.50 Å². The van der Waals surface area contributed by atoms with Gasteiger partial charge in [-0.05, 0) is 42.3 Å². The number of hydrogen-bond donors (Lipinski definition) is 1. The quantitative estimate of drug-likeness (QED) is 0.913. The summed E-state index contributed by atoms with van der Waals surface area (Å²) < 4.78 is 18.3. The zero-order valence-electron chi connectivity index (χ0n) is 10.4. The molecule has 0 aromatic heterocycles. The fourth-order valence-electron chi connectivity index (χ4n) is 1.64. The van der Waals surface area contributed by atoms with Crippen LogP contribution in [0.25, 0.3) is 0 Å². The summed E-state index contributed by atoms with van der Waals surface area (Å²) in [5, 5.41) is 9.88. The van der Waals surface area contributed by atoms with Crippen LogP contribution in [0.1, 0.15) is 24.2 Å². The summed E-state index contributed by atoms with van der Waals surface area (Å²) in [6.07, 6.45) is -0.566. The number of hydrogen-bond acceptors (Lipinski definition) is 2. The molecule has 0 aliphatic heterocycles. The number of halogens is 2. The monoisotopic (exact) mass is 280 g/mol. The molecule has 0 amide bonds. The summed E-state index contributed by atoms with van der Waals surface area (Å²) in [5.41, 5.74) is 1.59. The highest BCUT2D eigenvalue weighted by Crippen LogP contribution is 2.28. The third kappa shape index (κ3) is 3.69. The molecule has 0 heterocycles. The van der Waals surface area contributed by atoms with E-state index in [1.54, 1.807) is 37.3 Å². The van der Waals surface area contributed by atoms with E-state index in [2.05, 4.69) is 0 Å². The average Bonchev–Trinajstić information content (AvgIpc) is 2.39. The van der Waals surface area contributed by atoms with Crippen LogP contribution in [-0.4, -0.2) is 5.11 Å². The summed E-state index contributed by atoms with van der Waals surface area (Å²) >= 11 is 6.07. The minimum atomic E-state index is -0.566. The van der Waals surface area contributed by atoms with E-state index in [-0.39, 0.29) is 5.82 Å². The lowest BCUT2D eigenvalue weighted by molar-refractivity contribution is 0.199. The Morgan fingerprint density at radius 1 is 1.21 bits per heavy atom. The maximum atomic E-state index is 12.7. The van der Waals surface area contributed by atoms with Gasteiger partial charge >= 0.3 is 0 Å². The molecule has 0 aliphatic carbocycles. The lowest BCUT2D eigenvalue weighted by Crippen LogP contribution is -1.97. The summed E-state index contributed by atoms with van der Waals surface area (Å²) in [4.78, 5) is 0. The molecule has 0 aliphatic rings. The lowest BCUT2D eigenvalue weighted by atomic mass is 10.1. The van der Waals surface area contributed by atoms with Crippen molar-refractivity contribution in [2.75, 3.05) is 0 Å². The summed E-state index contributed by atoms with van der Waals surface area (Å²) in [5.74, 6) is 0.262. The lowest BCUT2D eigenvalue weighted by Gasteiger charge is -2.11. The first-order valence-electron chi connectivity index (χ1n) is 5.91. The summed E-state index contributed by atoms with van der Waals surface area (Å²) in [6, 6.07) is 11.2. The number of rotatable bonds is 4. The topological polar surface area (TPSA) is 29.5 Å². The van der Waals surface area contributed by atoms with Crippen molar-refractivity contribution in [2.45, 2.75) is 19.6 Å². The number of aliphatic hydroxyl groups is 1. The van der Waals surface area contributed by atoms with Gasteiger partial charge in [0.25, 0.3) is 0 Å². The Kier molecular flexibility index (Phi) is 4.40. The highest BCUT2D eigenvalue weighted by Gasteiger charge is 2.06. The van der Waals surface area contributed by atoms with Crippen molar-refractivity contribution in [1.29, 1.82) is 0 Å². The fourth-order valence-corrected chi connectivity index (χ4v) is 1.88. The Labute approximate surface area is 116 Å². The molecule has 19 heavy (non-hydrogen) atoms. The summed E-state index contributed by atoms with van der Waals surface area (Å²) in [7, 11) is 0. The molecule has 0 fully saturated rings. The molecule has 0 bridgehead atoms. The fraction of sp³-hybridized carbons (Fsp3) is 0.200. The van der Waals surface area contributed by atoms with E-state index in [1.807, 2.05) is 0 Å². The van der Waals surface area contributed by atoms with Crippen LogP contribution in [0.4, 0.5) is 4.39 Å². The zero-order valence-corrected chi connectivity index (χ0v) is 11.2. The number of aliphatic hydroxyl groups excluding tert-OH is 1. The molecular formula is C15H14ClFO2. The average molecular weight is 281 g/mol. The van der Waals surface area contributed by atoms with E-state index < -0.39 is 6.10 Å². The van der Waals surface area contributed by atoms with Gasteiger partial charge < -0.3 is 9.84 Å². The first-order chi connectivity index (χ1) is 9.06. The second-order valence-electron chi connectivity index (χ2n) is 4.28. The van der Waals surface area contributed by atoms with E-state index in [4.69, 9.17) is 16.3 Å². The van der Waals surface area contributed by atoms with Gasteiger partial charge in [-0.15, -0.1) is 0 Å². The molecule has 2 nitrogen and oxygen atoms in total. The number of ether oxygens (including phenoxy) is 1. The van der Waals surface area contributed by atoms with Crippen LogP contribution in [0.5, 0.6) is 5.75 Å². The zero-order chi connectivity index (χ0) is 13.8. The van der Waals surface area contributed by atoms with Crippen LogP contribution in [-0.2, 0) is 6.61 Å². The van der Waals surface area contributed by atoms with Crippen LogP contribution in [0.2, 0.25) is 5.02 Å². The van der Waals surface area contributed by atoms with Crippen molar-refractivity contribution < 1.29 is 14.2 Å². The Morgan fingerprint density at radius 2 is 1.89 bits per heavy atom. The van der Waals surface area contributed by atoms with Gasteiger partial charge in [-0.25, -0.2) is 4.39 Å². The Hall–Kier alpha value is -1.58. The molecule has 2 aromatic carbocycles. The van der Waals surface area contributed by atoms with Crippen molar-refractivity contribution in [1.82, 2.24) is 0 Å². The minimum absolute atomic E-state index is 0.275. The van der Waals surface area contributed by atoms with E-state index in [0.717, 1.165) is 11.1 Å². The highest BCUT2D eigenvalue weighted by atomic mass is 35.5. The van der Waals surface area contributed by atoms with Gasteiger partial charge in [-0.3, -0.25) is 0 Å². The van der Waals surface area contributed by atoms with Crippen molar-refractivity contribution in [3.05, 3.63) is 64.4 Å². The van der Waals surface area contributed by atoms with Gasteiger partial charge in [0.2, 0.25) is 0 Å². The SMILES string of the molecule is C[C@@H](O)c1ccc(OCc2ccc(F)cc2)c(Cl)c1. The van der Waals surface area contributed by atoms with Gasteiger partial charge in [-0.2, -0.15) is 0 Å². The molecule has 100 valence electrons. The van der Waals surface area contributed by atoms with Crippen LogP contribution in [0.3, 0.4) is 0 Å². The van der Waals surface area contributed by atoms with Crippen molar-refractivity contribution in [3.8, 4) is 5.75 Å². The first kappa shape index (κ1) is 13.8. The second-order valence-corrected chi connectivity index (χ2v) is 4.69. The van der Waals surface area contributed by atoms with Gasteiger partial charge in [0.05, 0.1) is 11.1 Å². The Balaban J connectivity index is 2.05. The molecular weight excluding hydrogens is 267 g/mol. The second kappa shape index (κ2) is 6.04. The maximum absolute atomic E-state index is 12.7. The molecule has 1 N–H and O–H groups in total. The molecule has 0 saturated heterocycles. The molecule has 0 radical (unpaired) electrons. The largest absolute Gasteiger partial charge is 0.487 e. The first-order valence-corrected chi connectivity index (χ1v) is 6.29. The predicted molar refractivity (Wildman–Crippen MR) is 72.8 cm³/mol. The summed E-state index contributed by atoms with van der Waals surface area (Å²) in [6.45, 7) is 1.98. The van der Waals surface area contributed by atoms with E-state index in [1.165, 1.54) is 12.1 Å². The van der Waals surface area contributed by atoms with Crippen LogP contribution in [0, 0.1) is 5.82 Å². The van der Waals surface area contributed by atoms with Crippen LogP contribution < -0.4 is 4.74 Å². The van der Waals surface area contributed by atoms with E-state index in [0.29, 0.717) is 17.4 Å². The minimum Gasteiger partial charge on any atom is -0.487 e. The molecule has 0 spiro atoms. The Morgan fingerprint density at radius 3 is 2.47 bits per heavy atom. The third-order valence-electron chi connectivity index (χ3n) is 2.75. The number of benzene rings is 2. The molecule has 0 unspecified atom stereocenters. The maximum Gasteiger partial charge on any atom is 0.138 e. The molecule has 2 rings (SSSR count). The standard InChI is InChI=1S/C15H14ClFO2/c1-10(18)12-4-7-15(14(16)8-12)19-9-11-2-5-13(17)6-3-11/h2-8,10,18H,9H2,1H3/t10-/m1/s1. The molecule has 2 aromatic rings. The van der Waals surface area contributed by atoms with Crippen LogP contribution in [0.15, 0.2) is 42.5 Å². The van der Waals surface area contributed by atoms with Gasteiger partial charge in [-0.1, -0.05) is 29.8 Å².